The number of aliphatic imine (C=N–C) groups is 1. The SMILES string of the molecule is CCN(C)C=Nc1cc(C)c(C(=O)CCC(F)(F)F)cc1C. The fourth-order valence-electron chi connectivity index (χ4n) is 1.87. The molecular formula is C16H21F3N2O. The van der Waals surface area contributed by atoms with Gasteiger partial charge in [0.05, 0.1) is 18.4 Å². The number of rotatable bonds is 6. The zero-order valence-corrected chi connectivity index (χ0v) is 13.3. The monoisotopic (exact) mass is 314 g/mol. The normalized spacial score (nSPS) is 12.0. The van der Waals surface area contributed by atoms with Crippen LogP contribution in [0.3, 0.4) is 0 Å². The Balaban J connectivity index is 2.94. The highest BCUT2D eigenvalue weighted by molar-refractivity contribution is 5.98. The molecule has 3 nitrogen and oxygen atoms in total. The van der Waals surface area contributed by atoms with Crippen molar-refractivity contribution in [3.05, 3.63) is 28.8 Å². The van der Waals surface area contributed by atoms with E-state index in [2.05, 4.69) is 4.99 Å². The summed E-state index contributed by atoms with van der Waals surface area (Å²) in [4.78, 5) is 18.2. The zero-order chi connectivity index (χ0) is 16.9. The van der Waals surface area contributed by atoms with Gasteiger partial charge < -0.3 is 4.90 Å². The van der Waals surface area contributed by atoms with Crippen molar-refractivity contribution in [2.75, 3.05) is 13.6 Å². The molecule has 0 aliphatic carbocycles. The maximum absolute atomic E-state index is 12.2. The first kappa shape index (κ1) is 18.2. The minimum Gasteiger partial charge on any atom is -0.366 e. The van der Waals surface area contributed by atoms with Gasteiger partial charge in [-0.15, -0.1) is 0 Å². The van der Waals surface area contributed by atoms with Gasteiger partial charge in [-0.25, -0.2) is 4.99 Å². The summed E-state index contributed by atoms with van der Waals surface area (Å²) in [6.45, 7) is 6.31. The van der Waals surface area contributed by atoms with Crippen molar-refractivity contribution in [3.63, 3.8) is 0 Å². The maximum atomic E-state index is 12.2. The largest absolute Gasteiger partial charge is 0.389 e. The van der Waals surface area contributed by atoms with Gasteiger partial charge in [0.1, 0.15) is 0 Å². The Hall–Kier alpha value is -1.85. The van der Waals surface area contributed by atoms with Crippen molar-refractivity contribution in [1.29, 1.82) is 0 Å². The van der Waals surface area contributed by atoms with Crippen molar-refractivity contribution in [3.8, 4) is 0 Å². The highest BCUT2D eigenvalue weighted by Gasteiger charge is 2.28. The number of halogens is 3. The second-order valence-electron chi connectivity index (χ2n) is 5.31. The van der Waals surface area contributed by atoms with Crippen molar-refractivity contribution in [1.82, 2.24) is 4.90 Å². The van der Waals surface area contributed by atoms with E-state index in [0.717, 1.165) is 12.1 Å². The van der Waals surface area contributed by atoms with E-state index < -0.39 is 24.8 Å². The summed E-state index contributed by atoms with van der Waals surface area (Å²) < 4.78 is 36.6. The third-order valence-electron chi connectivity index (χ3n) is 3.37. The van der Waals surface area contributed by atoms with Gasteiger partial charge >= 0.3 is 6.18 Å². The van der Waals surface area contributed by atoms with Gasteiger partial charge in [-0.1, -0.05) is 0 Å². The summed E-state index contributed by atoms with van der Waals surface area (Å²) in [5.74, 6) is -0.487. The number of aryl methyl sites for hydroxylation is 2. The number of hydrogen-bond donors (Lipinski definition) is 0. The molecule has 0 amide bonds. The molecule has 0 bridgehead atoms. The highest BCUT2D eigenvalue weighted by atomic mass is 19.4. The molecule has 1 rings (SSSR count). The molecule has 0 aromatic heterocycles. The summed E-state index contributed by atoms with van der Waals surface area (Å²) in [7, 11) is 1.89. The third-order valence-corrected chi connectivity index (χ3v) is 3.37. The van der Waals surface area contributed by atoms with Crippen LogP contribution in [0.2, 0.25) is 0 Å². The van der Waals surface area contributed by atoms with Crippen LogP contribution in [0.15, 0.2) is 17.1 Å². The summed E-state index contributed by atoms with van der Waals surface area (Å²) in [5.41, 5.74) is 2.46. The first-order chi connectivity index (χ1) is 10.1. The van der Waals surface area contributed by atoms with Crippen LogP contribution < -0.4 is 0 Å². The van der Waals surface area contributed by atoms with E-state index >= 15 is 0 Å². The Bertz CT molecular complexity index is 565. The number of nitrogens with zero attached hydrogens (tertiary/aromatic N) is 2. The average molecular weight is 314 g/mol. The second kappa shape index (κ2) is 7.42. The van der Waals surface area contributed by atoms with Crippen LogP contribution in [0.5, 0.6) is 0 Å². The van der Waals surface area contributed by atoms with E-state index in [1.807, 2.05) is 18.9 Å². The van der Waals surface area contributed by atoms with E-state index in [0.29, 0.717) is 16.8 Å². The Morgan fingerprint density at radius 2 is 1.91 bits per heavy atom. The van der Waals surface area contributed by atoms with E-state index in [9.17, 15) is 18.0 Å². The fraction of sp³-hybridized carbons (Fsp3) is 0.500. The van der Waals surface area contributed by atoms with Gasteiger partial charge in [-0.05, 0) is 44.0 Å². The van der Waals surface area contributed by atoms with E-state index in [-0.39, 0.29) is 0 Å². The van der Waals surface area contributed by atoms with Gasteiger partial charge in [0.2, 0.25) is 0 Å². The number of Topliss-reactive ketones (excluding diaryl/α,β-unsaturated/α-hetero) is 1. The molecule has 6 heteroatoms. The molecule has 122 valence electrons. The van der Waals surface area contributed by atoms with Crippen LogP contribution >= 0.6 is 0 Å². The van der Waals surface area contributed by atoms with Gasteiger partial charge in [-0.3, -0.25) is 4.79 Å². The summed E-state index contributed by atoms with van der Waals surface area (Å²) in [6, 6.07) is 3.35. The third kappa shape index (κ3) is 5.50. The molecular weight excluding hydrogens is 293 g/mol. The standard InChI is InChI=1S/C16H21F3N2O/c1-5-21(4)10-20-14-9-11(2)13(8-12(14)3)15(22)6-7-16(17,18)19/h8-10H,5-7H2,1-4H3. The molecule has 1 aromatic rings. The average Bonchev–Trinajstić information content (AvgIpc) is 2.44. The summed E-state index contributed by atoms with van der Waals surface area (Å²) >= 11 is 0. The minimum absolute atomic E-state index is 0.338. The van der Waals surface area contributed by atoms with Crippen LogP contribution in [0.1, 0.15) is 41.3 Å². The molecule has 0 fully saturated rings. The molecule has 22 heavy (non-hydrogen) atoms. The lowest BCUT2D eigenvalue weighted by Gasteiger charge is -2.12. The van der Waals surface area contributed by atoms with E-state index in [1.165, 1.54) is 0 Å². The van der Waals surface area contributed by atoms with Crippen LogP contribution in [-0.2, 0) is 0 Å². The predicted octanol–water partition coefficient (Wildman–Crippen LogP) is 4.44. The molecule has 0 aliphatic heterocycles. The van der Waals surface area contributed by atoms with Crippen molar-refractivity contribution in [2.45, 2.75) is 39.8 Å². The Morgan fingerprint density at radius 3 is 2.45 bits per heavy atom. The lowest BCUT2D eigenvalue weighted by atomic mass is 9.98. The van der Waals surface area contributed by atoms with Gasteiger partial charge in [0.25, 0.3) is 0 Å². The number of carbonyl (C=O) groups excluding carboxylic acids is 1. The molecule has 1 aromatic carbocycles. The van der Waals surface area contributed by atoms with Crippen LogP contribution in [0, 0.1) is 13.8 Å². The minimum atomic E-state index is -4.31. The maximum Gasteiger partial charge on any atom is 0.389 e. The number of alkyl halides is 3. The molecule has 0 atom stereocenters. The van der Waals surface area contributed by atoms with Crippen molar-refractivity contribution < 1.29 is 18.0 Å². The molecule has 0 spiro atoms. The second-order valence-corrected chi connectivity index (χ2v) is 5.31. The van der Waals surface area contributed by atoms with Gasteiger partial charge in [0, 0.05) is 25.6 Å². The molecule has 0 saturated heterocycles. The molecule has 0 saturated carbocycles. The summed E-state index contributed by atoms with van der Waals surface area (Å²) in [6.07, 6.45) is -4.24. The predicted molar refractivity (Wildman–Crippen MR) is 82.0 cm³/mol. The Labute approximate surface area is 128 Å². The number of benzene rings is 1. The molecule has 0 unspecified atom stereocenters. The van der Waals surface area contributed by atoms with Crippen molar-refractivity contribution >= 4 is 17.8 Å². The zero-order valence-electron chi connectivity index (χ0n) is 13.3. The van der Waals surface area contributed by atoms with E-state index in [4.69, 9.17) is 0 Å². The van der Waals surface area contributed by atoms with E-state index in [1.54, 1.807) is 32.3 Å². The lowest BCUT2D eigenvalue weighted by molar-refractivity contribution is -0.133. The molecule has 0 aliphatic rings. The van der Waals surface area contributed by atoms with Crippen molar-refractivity contribution in [2.24, 2.45) is 4.99 Å². The first-order valence-electron chi connectivity index (χ1n) is 7.09. The van der Waals surface area contributed by atoms with Crippen LogP contribution in [0.25, 0.3) is 0 Å². The fourth-order valence-corrected chi connectivity index (χ4v) is 1.87. The smallest absolute Gasteiger partial charge is 0.366 e. The molecule has 0 heterocycles. The number of carbonyl (C=O) groups is 1. The van der Waals surface area contributed by atoms with Gasteiger partial charge in [0.15, 0.2) is 5.78 Å². The highest BCUT2D eigenvalue weighted by Crippen LogP contribution is 2.27. The topological polar surface area (TPSA) is 32.7 Å². The molecule has 0 N–H and O–H groups in total. The summed E-state index contributed by atoms with van der Waals surface area (Å²) in [5, 5.41) is 0. The van der Waals surface area contributed by atoms with Crippen LogP contribution in [0.4, 0.5) is 18.9 Å². The quantitative estimate of drug-likeness (QED) is 0.442. The Kier molecular flexibility index (Phi) is 6.14. The number of hydrogen-bond acceptors (Lipinski definition) is 2. The first-order valence-corrected chi connectivity index (χ1v) is 7.09. The number of ketones is 1. The lowest BCUT2D eigenvalue weighted by Crippen LogP contribution is -2.14. The van der Waals surface area contributed by atoms with Crippen LogP contribution in [-0.4, -0.2) is 36.8 Å². The molecule has 0 radical (unpaired) electrons. The van der Waals surface area contributed by atoms with Gasteiger partial charge in [-0.2, -0.15) is 13.2 Å². The Morgan fingerprint density at radius 1 is 1.27 bits per heavy atom.